The fourth-order valence-electron chi connectivity index (χ4n) is 1.44. The maximum atomic E-state index is 8.77. The molecule has 2 heteroatoms. The van der Waals surface area contributed by atoms with Crippen molar-refractivity contribution in [3.05, 3.63) is 22.9 Å². The molecule has 0 fully saturated rings. The van der Waals surface area contributed by atoms with Crippen LogP contribution in [0.3, 0.4) is 0 Å². The molecule has 0 atom stereocenters. The van der Waals surface area contributed by atoms with Gasteiger partial charge in [0.1, 0.15) is 0 Å². The highest BCUT2D eigenvalue weighted by Gasteiger charge is 2.12. The van der Waals surface area contributed by atoms with Crippen molar-refractivity contribution in [3.8, 4) is 0 Å². The Balaban J connectivity index is 2.60. The van der Waals surface area contributed by atoms with E-state index in [-0.39, 0.29) is 8.80 Å². The molecular formula is C9H15OSi. The van der Waals surface area contributed by atoms with Crippen molar-refractivity contribution in [2.75, 3.05) is 6.61 Å². The molecule has 1 aliphatic rings. The highest BCUT2D eigenvalue weighted by atomic mass is 28.3. The second-order valence-electron chi connectivity index (χ2n) is 3.06. The Bertz CT molecular complexity index is 192. The van der Waals surface area contributed by atoms with Crippen LogP contribution in [0.15, 0.2) is 22.9 Å². The zero-order valence-electron chi connectivity index (χ0n) is 7.22. The van der Waals surface area contributed by atoms with Gasteiger partial charge in [0.05, 0.1) is 8.80 Å². The van der Waals surface area contributed by atoms with Crippen LogP contribution in [-0.2, 0) is 0 Å². The lowest BCUT2D eigenvalue weighted by molar-refractivity contribution is 0.300. The summed E-state index contributed by atoms with van der Waals surface area (Å²) in [6.45, 7) is 4.89. The van der Waals surface area contributed by atoms with Crippen molar-refractivity contribution in [2.45, 2.75) is 25.9 Å². The molecule has 1 radical (unpaired) electrons. The fourth-order valence-corrected chi connectivity index (χ4v) is 2.84. The summed E-state index contributed by atoms with van der Waals surface area (Å²) < 4.78 is 0. The first-order valence-corrected chi connectivity index (χ1v) is 6.56. The average Bonchev–Trinajstić information content (AvgIpc) is 2.36. The highest BCUT2D eigenvalue weighted by Crippen LogP contribution is 2.23. The van der Waals surface area contributed by atoms with Crippen LogP contribution < -0.4 is 0 Å². The van der Waals surface area contributed by atoms with Crippen LogP contribution in [0.25, 0.3) is 0 Å². The largest absolute Gasteiger partial charge is 0.396 e. The van der Waals surface area contributed by atoms with Gasteiger partial charge in [-0.05, 0) is 12.8 Å². The molecule has 0 saturated carbocycles. The predicted octanol–water partition coefficient (Wildman–Crippen LogP) is 1.92. The first kappa shape index (κ1) is 8.75. The molecule has 0 spiro atoms. The molecule has 0 unspecified atom stereocenters. The summed E-state index contributed by atoms with van der Waals surface area (Å²) in [6.07, 6.45) is 6.48. The summed E-state index contributed by atoms with van der Waals surface area (Å²) in [4.78, 5) is 0. The van der Waals surface area contributed by atoms with Crippen LogP contribution in [0.5, 0.6) is 0 Å². The van der Waals surface area contributed by atoms with Crippen molar-refractivity contribution in [1.29, 1.82) is 0 Å². The number of aliphatic hydroxyl groups is 1. The fraction of sp³-hybridized carbons (Fsp3) is 0.556. The highest BCUT2D eigenvalue weighted by molar-refractivity contribution is 6.65. The van der Waals surface area contributed by atoms with Gasteiger partial charge in [-0.3, -0.25) is 0 Å². The molecule has 0 amide bonds. The van der Waals surface area contributed by atoms with E-state index in [1.807, 2.05) is 0 Å². The Morgan fingerprint density at radius 3 is 2.73 bits per heavy atom. The third-order valence-corrected chi connectivity index (χ3v) is 3.55. The average molecular weight is 167 g/mol. The maximum Gasteiger partial charge on any atom is 0.0791 e. The van der Waals surface area contributed by atoms with Gasteiger partial charge in [0.25, 0.3) is 0 Å². The third kappa shape index (κ3) is 2.04. The Kier molecular flexibility index (Phi) is 3.09. The number of rotatable bonds is 3. The molecule has 0 bridgehead atoms. The van der Waals surface area contributed by atoms with Crippen LogP contribution in [-0.4, -0.2) is 20.5 Å². The molecule has 11 heavy (non-hydrogen) atoms. The van der Waals surface area contributed by atoms with Crippen LogP contribution in [0.1, 0.15) is 12.8 Å². The normalized spacial score (nSPS) is 17.1. The van der Waals surface area contributed by atoms with Crippen molar-refractivity contribution in [3.63, 3.8) is 0 Å². The number of aliphatic hydroxyl groups excluding tert-OH is 1. The summed E-state index contributed by atoms with van der Waals surface area (Å²) in [5, 5.41) is 10.3. The van der Waals surface area contributed by atoms with Crippen LogP contribution >= 0.6 is 0 Å². The van der Waals surface area contributed by atoms with E-state index in [9.17, 15) is 0 Å². The van der Waals surface area contributed by atoms with E-state index in [2.05, 4.69) is 25.2 Å². The van der Waals surface area contributed by atoms with Crippen LogP contribution in [0.2, 0.25) is 13.1 Å². The molecule has 1 N–H and O–H groups in total. The summed E-state index contributed by atoms with van der Waals surface area (Å²) in [5.41, 5.74) is 1.39. The lowest BCUT2D eigenvalue weighted by Crippen LogP contribution is -2.07. The van der Waals surface area contributed by atoms with Crippen molar-refractivity contribution >= 4 is 8.80 Å². The summed E-state index contributed by atoms with van der Waals surface area (Å²) in [7, 11) is -0.301. The Labute approximate surface area is 70.0 Å². The quantitative estimate of drug-likeness (QED) is 0.637. The second-order valence-corrected chi connectivity index (χ2v) is 5.60. The molecule has 0 saturated heterocycles. The topological polar surface area (TPSA) is 20.2 Å². The first-order valence-electron chi connectivity index (χ1n) is 4.06. The molecule has 0 aromatic carbocycles. The van der Waals surface area contributed by atoms with Gasteiger partial charge in [-0.2, -0.15) is 0 Å². The maximum absolute atomic E-state index is 8.77. The summed E-state index contributed by atoms with van der Waals surface area (Å²) >= 11 is 0. The van der Waals surface area contributed by atoms with Crippen molar-refractivity contribution < 1.29 is 5.11 Å². The second kappa shape index (κ2) is 3.88. The number of hydrogen-bond acceptors (Lipinski definition) is 1. The predicted molar refractivity (Wildman–Crippen MR) is 50.0 cm³/mol. The van der Waals surface area contributed by atoms with Gasteiger partial charge in [0.15, 0.2) is 0 Å². The standard InChI is InChI=1S/C9H15OSi/c1-11(2)9-5-3-4-8(9)6-7-10/h4-5,10H,3,6-7H2,1-2H3. The lowest BCUT2D eigenvalue weighted by Gasteiger charge is -2.08. The summed E-state index contributed by atoms with van der Waals surface area (Å²) in [6, 6.07) is 0. The summed E-state index contributed by atoms with van der Waals surface area (Å²) in [5.74, 6) is 0. The van der Waals surface area contributed by atoms with E-state index in [0.717, 1.165) is 12.8 Å². The van der Waals surface area contributed by atoms with Crippen molar-refractivity contribution in [2.24, 2.45) is 0 Å². The SMILES string of the molecule is C[Si](C)C1=CCC=C1CCO. The lowest BCUT2D eigenvalue weighted by atomic mass is 10.2. The molecule has 0 aliphatic heterocycles. The van der Waals surface area contributed by atoms with E-state index < -0.39 is 0 Å². The molecule has 1 aliphatic carbocycles. The van der Waals surface area contributed by atoms with E-state index in [4.69, 9.17) is 5.11 Å². The van der Waals surface area contributed by atoms with Gasteiger partial charge in [0.2, 0.25) is 0 Å². The van der Waals surface area contributed by atoms with E-state index in [1.165, 1.54) is 10.8 Å². The Morgan fingerprint density at radius 2 is 2.18 bits per heavy atom. The molecule has 61 valence electrons. The van der Waals surface area contributed by atoms with Gasteiger partial charge in [-0.15, -0.1) is 0 Å². The van der Waals surface area contributed by atoms with E-state index >= 15 is 0 Å². The molecule has 0 aromatic rings. The minimum atomic E-state index is -0.301. The molecular weight excluding hydrogens is 152 g/mol. The zero-order valence-corrected chi connectivity index (χ0v) is 8.22. The van der Waals surface area contributed by atoms with Crippen LogP contribution in [0, 0.1) is 0 Å². The van der Waals surface area contributed by atoms with Gasteiger partial charge < -0.3 is 5.11 Å². The van der Waals surface area contributed by atoms with Gasteiger partial charge in [0, 0.05) is 6.61 Å². The van der Waals surface area contributed by atoms with Crippen molar-refractivity contribution in [1.82, 2.24) is 0 Å². The molecule has 0 aromatic heterocycles. The van der Waals surface area contributed by atoms with E-state index in [0.29, 0.717) is 6.61 Å². The number of allylic oxidation sites excluding steroid dienone is 3. The first-order chi connectivity index (χ1) is 5.25. The molecule has 1 rings (SSSR count). The zero-order chi connectivity index (χ0) is 8.27. The van der Waals surface area contributed by atoms with Crippen LogP contribution in [0.4, 0.5) is 0 Å². The molecule has 0 heterocycles. The minimum Gasteiger partial charge on any atom is -0.396 e. The van der Waals surface area contributed by atoms with Gasteiger partial charge in [-0.1, -0.05) is 36.0 Å². The number of hydrogen-bond donors (Lipinski definition) is 1. The Hall–Kier alpha value is -0.343. The third-order valence-electron chi connectivity index (χ3n) is 1.95. The van der Waals surface area contributed by atoms with E-state index in [1.54, 1.807) is 0 Å². The Morgan fingerprint density at radius 1 is 1.45 bits per heavy atom. The van der Waals surface area contributed by atoms with Gasteiger partial charge >= 0.3 is 0 Å². The minimum absolute atomic E-state index is 0.290. The monoisotopic (exact) mass is 167 g/mol. The molecule has 1 nitrogen and oxygen atoms in total. The smallest absolute Gasteiger partial charge is 0.0791 e. The van der Waals surface area contributed by atoms with Gasteiger partial charge in [-0.25, -0.2) is 0 Å².